The summed E-state index contributed by atoms with van der Waals surface area (Å²) in [5.41, 5.74) is 2.57. The van der Waals surface area contributed by atoms with Gasteiger partial charge in [-0.1, -0.05) is 0 Å². The fraction of sp³-hybridized carbons (Fsp3) is 0.286. The summed E-state index contributed by atoms with van der Waals surface area (Å²) in [6, 6.07) is 6.66. The van der Waals surface area contributed by atoms with Gasteiger partial charge in [-0.05, 0) is 42.9 Å². The van der Waals surface area contributed by atoms with E-state index in [1.165, 1.54) is 12.1 Å². The van der Waals surface area contributed by atoms with Gasteiger partial charge < -0.3 is 25.4 Å². The summed E-state index contributed by atoms with van der Waals surface area (Å²) in [6.07, 6.45) is -4.04. The van der Waals surface area contributed by atoms with E-state index in [4.69, 9.17) is 10.1 Å². The molecule has 0 aliphatic carbocycles. The summed E-state index contributed by atoms with van der Waals surface area (Å²) in [6.45, 7) is 1.16. The van der Waals surface area contributed by atoms with E-state index in [0.29, 0.717) is 22.4 Å². The Morgan fingerprint density at radius 3 is 2.67 bits per heavy atom. The van der Waals surface area contributed by atoms with Gasteiger partial charge in [0.2, 0.25) is 0 Å². The number of nitrogens with zero attached hydrogens (tertiary/aromatic N) is 2. The third kappa shape index (κ3) is 5.34. The molecular weight excluding hydrogens is 461 g/mol. The van der Waals surface area contributed by atoms with E-state index in [0.717, 1.165) is 47.7 Å². The van der Waals surface area contributed by atoms with E-state index in [1.54, 1.807) is 0 Å². The highest BCUT2D eigenvalue weighted by atomic mass is 32.1. The Balaban J connectivity index is 1.64. The van der Waals surface area contributed by atoms with Crippen LogP contribution in [-0.2, 0) is 17.8 Å². The number of alkyl halides is 3. The number of pyridine rings is 1. The molecule has 0 atom stereocenters. The molecule has 33 heavy (non-hydrogen) atoms. The Bertz CT molecular complexity index is 1210. The van der Waals surface area contributed by atoms with Crippen LogP contribution in [0.3, 0.4) is 0 Å². The number of hydrogen-bond donors (Lipinski definition) is 3. The van der Waals surface area contributed by atoms with Crippen LogP contribution < -0.4 is 15.4 Å². The fourth-order valence-corrected chi connectivity index (χ4v) is 4.60. The van der Waals surface area contributed by atoms with Crippen LogP contribution in [0.4, 0.5) is 24.5 Å². The number of hydrogen-bond acceptors (Lipinski definition) is 7. The molecule has 2 aromatic heterocycles. The van der Waals surface area contributed by atoms with Crippen LogP contribution >= 0.6 is 11.3 Å². The first-order chi connectivity index (χ1) is 15.6. The van der Waals surface area contributed by atoms with Crippen LogP contribution in [0.15, 0.2) is 30.3 Å². The molecule has 0 saturated heterocycles. The van der Waals surface area contributed by atoms with Crippen molar-refractivity contribution in [1.29, 1.82) is 0 Å². The largest absolute Gasteiger partial charge is 0.573 e. The number of halogens is 3. The number of aromatic nitrogens is 1. The smallest absolute Gasteiger partial charge is 0.480 e. The van der Waals surface area contributed by atoms with E-state index in [9.17, 15) is 22.8 Å². The van der Waals surface area contributed by atoms with Gasteiger partial charge in [0.1, 0.15) is 22.0 Å². The van der Waals surface area contributed by atoms with Gasteiger partial charge in [0, 0.05) is 36.3 Å². The lowest BCUT2D eigenvalue weighted by molar-refractivity contribution is -0.274. The SMILES string of the molecule is CN1CCc2nc3sc(C(=O)Nc4ccc(OC(F)(F)F)cc4)c(NCC(=O)O)c3cc2C1. The lowest BCUT2D eigenvalue weighted by Crippen LogP contribution is -2.27. The topological polar surface area (TPSA) is 104 Å². The molecular formula is C21H19F3N4O4S. The van der Waals surface area contributed by atoms with Crippen LogP contribution in [0.2, 0.25) is 0 Å². The zero-order valence-electron chi connectivity index (χ0n) is 17.3. The minimum Gasteiger partial charge on any atom is -0.480 e. The molecule has 12 heteroatoms. The number of ether oxygens (including phenoxy) is 1. The molecule has 3 aromatic rings. The van der Waals surface area contributed by atoms with Crippen molar-refractivity contribution >= 4 is 44.8 Å². The highest BCUT2D eigenvalue weighted by molar-refractivity contribution is 7.21. The second-order valence-corrected chi connectivity index (χ2v) is 8.51. The predicted octanol–water partition coefficient (Wildman–Crippen LogP) is 3.93. The minimum atomic E-state index is -4.81. The van der Waals surface area contributed by atoms with Crippen LogP contribution in [0.25, 0.3) is 10.2 Å². The number of rotatable bonds is 6. The van der Waals surface area contributed by atoms with E-state index >= 15 is 0 Å². The summed E-state index contributed by atoms with van der Waals surface area (Å²) >= 11 is 1.12. The Morgan fingerprint density at radius 1 is 1.27 bits per heavy atom. The molecule has 174 valence electrons. The summed E-state index contributed by atoms with van der Waals surface area (Å²) in [7, 11) is 1.99. The molecule has 3 N–H and O–H groups in total. The number of fused-ring (bicyclic) bond motifs is 2. The Kier molecular flexibility index (Phi) is 6.13. The number of amides is 1. The third-order valence-corrected chi connectivity index (χ3v) is 6.09. The quantitative estimate of drug-likeness (QED) is 0.491. The second-order valence-electron chi connectivity index (χ2n) is 7.51. The molecule has 0 saturated carbocycles. The zero-order chi connectivity index (χ0) is 23.8. The lowest BCUT2D eigenvalue weighted by atomic mass is 10.0. The maximum Gasteiger partial charge on any atom is 0.573 e. The van der Waals surface area contributed by atoms with Crippen LogP contribution in [0.1, 0.15) is 20.9 Å². The highest BCUT2D eigenvalue weighted by Gasteiger charge is 2.31. The molecule has 0 bridgehead atoms. The lowest BCUT2D eigenvalue weighted by Gasteiger charge is -2.24. The maximum atomic E-state index is 13.0. The number of likely N-dealkylation sites (N-methyl/N-ethyl adjacent to an activating group) is 1. The number of carbonyl (C=O) groups is 2. The summed E-state index contributed by atoms with van der Waals surface area (Å²) < 4.78 is 40.8. The summed E-state index contributed by atoms with van der Waals surface area (Å²) in [5.74, 6) is -2.04. The fourth-order valence-electron chi connectivity index (χ4n) is 3.55. The third-order valence-electron chi connectivity index (χ3n) is 4.99. The van der Waals surface area contributed by atoms with Crippen molar-refractivity contribution in [1.82, 2.24) is 9.88 Å². The molecule has 0 fully saturated rings. The van der Waals surface area contributed by atoms with Crippen LogP contribution in [0, 0.1) is 0 Å². The molecule has 1 amide bonds. The standard InChI is InChI=1S/C21H19F3N4O4S/c1-28-7-6-15-11(10-28)8-14-17(25-9-16(29)30)18(33-20(14)27-15)19(31)26-12-2-4-13(5-3-12)32-21(22,23)24/h2-5,8,25H,6-7,9-10H2,1H3,(H,26,31)(H,29,30). The van der Waals surface area contributed by atoms with Gasteiger partial charge >= 0.3 is 12.3 Å². The second kappa shape index (κ2) is 8.87. The van der Waals surface area contributed by atoms with Crippen LogP contribution in [-0.4, -0.2) is 53.4 Å². The van der Waals surface area contributed by atoms with Crippen molar-refractivity contribution in [2.45, 2.75) is 19.3 Å². The maximum absolute atomic E-state index is 13.0. The van der Waals surface area contributed by atoms with E-state index in [1.807, 2.05) is 13.1 Å². The Labute approximate surface area is 190 Å². The normalized spacial score (nSPS) is 14.1. The van der Waals surface area contributed by atoms with E-state index in [-0.39, 0.29) is 10.6 Å². The van der Waals surface area contributed by atoms with E-state index < -0.39 is 30.5 Å². The predicted molar refractivity (Wildman–Crippen MR) is 117 cm³/mol. The Morgan fingerprint density at radius 2 is 2.00 bits per heavy atom. The number of nitrogens with one attached hydrogen (secondary N) is 2. The number of thiophene rings is 1. The Hall–Kier alpha value is -3.38. The van der Waals surface area contributed by atoms with Crippen molar-refractivity contribution in [3.8, 4) is 5.75 Å². The van der Waals surface area contributed by atoms with Gasteiger partial charge in [0.15, 0.2) is 0 Å². The van der Waals surface area contributed by atoms with Crippen molar-refractivity contribution in [2.24, 2.45) is 0 Å². The van der Waals surface area contributed by atoms with E-state index in [2.05, 4.69) is 20.3 Å². The number of carboxylic acids is 1. The zero-order valence-corrected chi connectivity index (χ0v) is 18.1. The first-order valence-corrected chi connectivity index (χ1v) is 10.7. The highest BCUT2D eigenvalue weighted by Crippen LogP contribution is 2.37. The first-order valence-electron chi connectivity index (χ1n) is 9.86. The number of benzene rings is 1. The average Bonchev–Trinajstić information content (AvgIpc) is 3.08. The summed E-state index contributed by atoms with van der Waals surface area (Å²) in [5, 5.41) is 15.2. The van der Waals surface area contributed by atoms with Crippen molar-refractivity contribution in [3.05, 3.63) is 46.5 Å². The number of aliphatic carboxylic acids is 1. The molecule has 8 nitrogen and oxygen atoms in total. The molecule has 4 rings (SSSR count). The molecule has 1 aliphatic heterocycles. The molecule has 0 spiro atoms. The molecule has 1 aromatic carbocycles. The summed E-state index contributed by atoms with van der Waals surface area (Å²) in [4.78, 5) is 31.8. The van der Waals surface area contributed by atoms with Gasteiger partial charge in [-0.2, -0.15) is 0 Å². The minimum absolute atomic E-state index is 0.227. The molecule has 1 aliphatic rings. The van der Waals surface area contributed by atoms with Crippen molar-refractivity contribution < 1.29 is 32.6 Å². The average molecular weight is 480 g/mol. The molecule has 3 heterocycles. The number of carboxylic acid groups (broad SMARTS) is 1. The van der Waals surface area contributed by atoms with Crippen molar-refractivity contribution in [3.63, 3.8) is 0 Å². The monoisotopic (exact) mass is 480 g/mol. The molecule has 0 radical (unpaired) electrons. The number of anilines is 2. The number of carbonyl (C=O) groups excluding carboxylic acids is 1. The van der Waals surface area contributed by atoms with Gasteiger partial charge in [-0.3, -0.25) is 9.59 Å². The van der Waals surface area contributed by atoms with Gasteiger partial charge in [0.05, 0.1) is 5.69 Å². The van der Waals surface area contributed by atoms with Gasteiger partial charge in [-0.25, -0.2) is 4.98 Å². The van der Waals surface area contributed by atoms with Gasteiger partial charge in [-0.15, -0.1) is 24.5 Å². The van der Waals surface area contributed by atoms with Crippen LogP contribution in [0.5, 0.6) is 5.75 Å². The first kappa shape index (κ1) is 22.8. The van der Waals surface area contributed by atoms with Gasteiger partial charge in [0.25, 0.3) is 5.91 Å². The van der Waals surface area contributed by atoms with Crippen molar-refractivity contribution in [2.75, 3.05) is 30.8 Å². The molecule has 0 unspecified atom stereocenters.